The van der Waals surface area contributed by atoms with Crippen LogP contribution in [0.15, 0.2) is 18.2 Å². The number of anilines is 3. The van der Waals surface area contributed by atoms with Crippen LogP contribution >= 0.6 is 0 Å². The third-order valence-electron chi connectivity index (χ3n) is 8.72. The number of benzene rings is 1. The Morgan fingerprint density at radius 3 is 1.24 bits per heavy atom. The Labute approximate surface area is 224 Å². The largest absolute Gasteiger partial charge is 0.326 e. The van der Waals surface area contributed by atoms with Crippen molar-refractivity contribution in [3.05, 3.63) is 18.2 Å². The van der Waals surface area contributed by atoms with Gasteiger partial charge in [-0.2, -0.15) is 0 Å². The van der Waals surface area contributed by atoms with Crippen LogP contribution in [0.1, 0.15) is 106 Å². The van der Waals surface area contributed by atoms with Gasteiger partial charge < -0.3 is 16.0 Å². The third-order valence-corrected chi connectivity index (χ3v) is 8.72. The molecule has 0 saturated heterocycles. The van der Waals surface area contributed by atoms with Crippen molar-refractivity contribution >= 4 is 34.8 Å². The van der Waals surface area contributed by atoms with Crippen molar-refractivity contribution in [2.75, 3.05) is 16.0 Å². The Balaban J connectivity index is 1.67. The Hall–Kier alpha value is -2.37. The molecule has 3 rings (SSSR count). The van der Waals surface area contributed by atoms with E-state index >= 15 is 0 Å². The van der Waals surface area contributed by atoms with Gasteiger partial charge in [-0.05, 0) is 92.2 Å². The number of carbonyl (C=O) groups is 3. The van der Waals surface area contributed by atoms with Crippen molar-refractivity contribution in [1.29, 1.82) is 0 Å². The summed E-state index contributed by atoms with van der Waals surface area (Å²) in [6.45, 7) is 15.5. The van der Waals surface area contributed by atoms with Gasteiger partial charge in [-0.25, -0.2) is 0 Å². The molecule has 1 aromatic carbocycles. The van der Waals surface area contributed by atoms with Gasteiger partial charge in [0, 0.05) is 35.3 Å². The van der Waals surface area contributed by atoms with E-state index in [0.717, 1.165) is 51.4 Å². The van der Waals surface area contributed by atoms with Crippen LogP contribution in [0.5, 0.6) is 0 Å². The molecule has 0 aliphatic heterocycles. The van der Waals surface area contributed by atoms with Crippen LogP contribution in [-0.4, -0.2) is 17.7 Å². The summed E-state index contributed by atoms with van der Waals surface area (Å²) < 4.78 is 0. The van der Waals surface area contributed by atoms with Gasteiger partial charge in [-0.1, -0.05) is 48.5 Å². The normalized spacial score (nSPS) is 24.7. The molecule has 2 aliphatic carbocycles. The SMILES string of the molecule is CCC(=O)Nc1cc(NC(=O)[C@H]2CC[C@H](C(C)(C)C)CC2)cc(NC(=O)[C@H]2CC[C@H](C(C)(C)C)CC2)c1. The van der Waals surface area contributed by atoms with Gasteiger partial charge >= 0.3 is 0 Å². The lowest BCUT2D eigenvalue weighted by Crippen LogP contribution is -2.32. The average Bonchev–Trinajstić information content (AvgIpc) is 2.82. The van der Waals surface area contributed by atoms with Crippen LogP contribution in [-0.2, 0) is 14.4 Å². The molecule has 6 nitrogen and oxygen atoms in total. The number of hydrogen-bond donors (Lipinski definition) is 3. The summed E-state index contributed by atoms with van der Waals surface area (Å²) in [5, 5.41) is 9.02. The van der Waals surface area contributed by atoms with Crippen molar-refractivity contribution in [2.24, 2.45) is 34.5 Å². The molecule has 3 amide bonds. The first-order valence-corrected chi connectivity index (χ1v) is 14.3. The lowest BCUT2D eigenvalue weighted by Gasteiger charge is -2.36. The van der Waals surface area contributed by atoms with Crippen LogP contribution in [0.25, 0.3) is 0 Å². The van der Waals surface area contributed by atoms with Gasteiger partial charge in [0.25, 0.3) is 0 Å². The molecule has 0 unspecified atom stereocenters. The fourth-order valence-electron chi connectivity index (χ4n) is 6.03. The molecule has 0 bridgehead atoms. The van der Waals surface area contributed by atoms with Gasteiger partial charge in [0.15, 0.2) is 0 Å². The lowest BCUT2D eigenvalue weighted by molar-refractivity contribution is -0.122. The second-order valence-corrected chi connectivity index (χ2v) is 13.5. The predicted octanol–water partition coefficient (Wildman–Crippen LogP) is 7.62. The molecular weight excluding hydrogens is 462 g/mol. The molecule has 37 heavy (non-hydrogen) atoms. The van der Waals surface area contributed by atoms with Crippen molar-refractivity contribution in [3.63, 3.8) is 0 Å². The van der Waals surface area contributed by atoms with Crippen molar-refractivity contribution in [3.8, 4) is 0 Å². The first kappa shape index (κ1) is 29.2. The summed E-state index contributed by atoms with van der Waals surface area (Å²) in [6.07, 6.45) is 8.16. The molecule has 0 aromatic heterocycles. The summed E-state index contributed by atoms with van der Waals surface area (Å²) in [5.74, 6) is 1.19. The fourth-order valence-corrected chi connectivity index (χ4v) is 6.03. The molecule has 206 valence electrons. The molecule has 2 saturated carbocycles. The quantitative estimate of drug-likeness (QED) is 0.367. The lowest BCUT2D eigenvalue weighted by atomic mass is 9.69. The predicted molar refractivity (Wildman–Crippen MR) is 152 cm³/mol. The Morgan fingerprint density at radius 1 is 0.622 bits per heavy atom. The first-order chi connectivity index (χ1) is 17.3. The van der Waals surface area contributed by atoms with Crippen molar-refractivity contribution < 1.29 is 14.4 Å². The van der Waals surface area contributed by atoms with E-state index < -0.39 is 0 Å². The van der Waals surface area contributed by atoms with Gasteiger partial charge in [0.1, 0.15) is 0 Å². The highest BCUT2D eigenvalue weighted by Gasteiger charge is 2.33. The minimum absolute atomic E-state index is 0.0106. The minimum atomic E-state index is -0.109. The minimum Gasteiger partial charge on any atom is -0.326 e. The van der Waals surface area contributed by atoms with E-state index in [0.29, 0.717) is 35.3 Å². The second-order valence-electron chi connectivity index (χ2n) is 13.5. The molecule has 2 fully saturated rings. The molecule has 2 aliphatic rings. The van der Waals surface area contributed by atoms with E-state index in [4.69, 9.17) is 0 Å². The zero-order chi connectivity index (χ0) is 27.4. The molecule has 3 N–H and O–H groups in total. The number of rotatable bonds is 6. The van der Waals surface area contributed by atoms with E-state index in [9.17, 15) is 14.4 Å². The highest BCUT2D eigenvalue weighted by Crippen LogP contribution is 2.41. The molecule has 0 spiro atoms. The van der Waals surface area contributed by atoms with Crippen LogP contribution in [0, 0.1) is 34.5 Å². The van der Waals surface area contributed by atoms with Gasteiger partial charge in [-0.15, -0.1) is 0 Å². The maximum atomic E-state index is 13.1. The van der Waals surface area contributed by atoms with Crippen LogP contribution in [0.3, 0.4) is 0 Å². The zero-order valence-corrected chi connectivity index (χ0v) is 24.1. The van der Waals surface area contributed by atoms with Crippen molar-refractivity contribution in [1.82, 2.24) is 0 Å². The summed E-state index contributed by atoms with van der Waals surface area (Å²) in [7, 11) is 0. The van der Waals surface area contributed by atoms with Crippen molar-refractivity contribution in [2.45, 2.75) is 106 Å². The maximum absolute atomic E-state index is 13.1. The molecule has 0 radical (unpaired) electrons. The highest BCUT2D eigenvalue weighted by molar-refractivity contribution is 5.98. The molecule has 0 heterocycles. The molecule has 0 atom stereocenters. The standard InChI is InChI=1S/C31H49N3O3/c1-8-27(35)32-24-17-25(33-28(36)20-9-13-22(14-10-20)30(2,3)4)19-26(18-24)34-29(37)21-11-15-23(16-12-21)31(5,6)7/h17-23H,8-16H2,1-7H3,(H,32,35)(H,33,36)(H,34,37)/t20-,21-,22-,23-. The number of carbonyl (C=O) groups excluding carboxylic acids is 3. The second kappa shape index (κ2) is 12.0. The van der Waals surface area contributed by atoms with Gasteiger partial charge in [0.05, 0.1) is 0 Å². The summed E-state index contributed by atoms with van der Waals surface area (Å²) in [4.78, 5) is 38.3. The zero-order valence-electron chi connectivity index (χ0n) is 24.1. The highest BCUT2D eigenvalue weighted by atomic mass is 16.2. The smallest absolute Gasteiger partial charge is 0.227 e. The monoisotopic (exact) mass is 511 g/mol. The third kappa shape index (κ3) is 8.31. The van der Waals surface area contributed by atoms with Crippen LogP contribution in [0.4, 0.5) is 17.1 Å². The van der Waals surface area contributed by atoms with E-state index in [1.54, 1.807) is 25.1 Å². The van der Waals surface area contributed by atoms with E-state index in [2.05, 4.69) is 57.5 Å². The Kier molecular flexibility index (Phi) is 9.47. The van der Waals surface area contributed by atoms with Crippen LogP contribution < -0.4 is 16.0 Å². The summed E-state index contributed by atoms with van der Waals surface area (Å²) in [5.41, 5.74) is 2.32. The number of nitrogens with one attached hydrogen (secondary N) is 3. The maximum Gasteiger partial charge on any atom is 0.227 e. The number of hydrogen-bond acceptors (Lipinski definition) is 3. The molecular formula is C31H49N3O3. The van der Waals surface area contributed by atoms with E-state index in [1.807, 2.05) is 0 Å². The summed E-state index contributed by atoms with van der Waals surface area (Å²) >= 11 is 0. The van der Waals surface area contributed by atoms with E-state index in [-0.39, 0.29) is 40.4 Å². The average molecular weight is 512 g/mol. The first-order valence-electron chi connectivity index (χ1n) is 14.3. The number of amides is 3. The Morgan fingerprint density at radius 2 is 0.946 bits per heavy atom. The van der Waals surface area contributed by atoms with Gasteiger partial charge in [0.2, 0.25) is 17.7 Å². The fraction of sp³-hybridized carbons (Fsp3) is 0.710. The topological polar surface area (TPSA) is 87.3 Å². The van der Waals surface area contributed by atoms with E-state index in [1.165, 1.54) is 0 Å². The molecule has 6 heteroatoms. The van der Waals surface area contributed by atoms with Crippen LogP contribution in [0.2, 0.25) is 0 Å². The van der Waals surface area contributed by atoms with Gasteiger partial charge in [-0.3, -0.25) is 14.4 Å². The Bertz CT molecular complexity index is 891. The summed E-state index contributed by atoms with van der Waals surface area (Å²) in [6, 6.07) is 5.35. The molecule has 1 aromatic rings.